The molecule has 1 aromatic carbocycles. The van der Waals surface area contributed by atoms with Crippen LogP contribution in [0, 0.1) is 13.8 Å². The van der Waals surface area contributed by atoms with Crippen LogP contribution in [0.25, 0.3) is 10.2 Å². The Hall–Kier alpha value is -2.32. The van der Waals surface area contributed by atoms with Gasteiger partial charge in [0.1, 0.15) is 5.82 Å². The molecular weight excluding hydrogens is 372 g/mol. The van der Waals surface area contributed by atoms with Gasteiger partial charge in [-0.05, 0) is 64.5 Å². The number of benzene rings is 1. The topological polar surface area (TPSA) is 67.2 Å². The van der Waals surface area contributed by atoms with Crippen molar-refractivity contribution in [2.45, 2.75) is 39.7 Å². The van der Waals surface area contributed by atoms with Crippen LogP contribution in [0.3, 0.4) is 0 Å². The minimum Gasteiger partial charge on any atom is -0.309 e. The highest BCUT2D eigenvalue weighted by Gasteiger charge is 2.29. The van der Waals surface area contributed by atoms with Gasteiger partial charge in [-0.1, -0.05) is 17.4 Å². The molecule has 1 aliphatic rings. The van der Waals surface area contributed by atoms with Gasteiger partial charge in [-0.3, -0.25) is 9.69 Å². The van der Waals surface area contributed by atoms with Crippen LogP contribution >= 0.6 is 11.3 Å². The van der Waals surface area contributed by atoms with Crippen molar-refractivity contribution in [2.75, 3.05) is 32.1 Å². The molecule has 3 aromatic rings. The predicted molar refractivity (Wildman–Crippen MR) is 112 cm³/mol. The van der Waals surface area contributed by atoms with E-state index in [0.29, 0.717) is 12.4 Å². The molecule has 1 amide bonds. The number of carbonyl (C=O) groups is 1. The minimum atomic E-state index is -0.104. The van der Waals surface area contributed by atoms with Crippen LogP contribution in [0.5, 0.6) is 0 Å². The van der Waals surface area contributed by atoms with Gasteiger partial charge in [-0.25, -0.2) is 4.98 Å². The van der Waals surface area contributed by atoms with E-state index < -0.39 is 0 Å². The van der Waals surface area contributed by atoms with Crippen LogP contribution < -0.4 is 4.90 Å². The molecule has 148 valence electrons. The van der Waals surface area contributed by atoms with Crippen LogP contribution in [-0.2, 0) is 13.0 Å². The average Bonchev–Trinajstić information content (AvgIpc) is 3.36. The van der Waals surface area contributed by atoms with E-state index in [2.05, 4.69) is 41.1 Å². The largest absolute Gasteiger partial charge is 0.309 e. The van der Waals surface area contributed by atoms with E-state index in [4.69, 9.17) is 4.98 Å². The van der Waals surface area contributed by atoms with Crippen LogP contribution in [0.15, 0.2) is 12.1 Å². The lowest BCUT2D eigenvalue weighted by Gasteiger charge is -2.20. The highest BCUT2D eigenvalue weighted by molar-refractivity contribution is 7.22. The molecule has 0 bridgehead atoms. The second-order valence-electron chi connectivity index (χ2n) is 7.66. The third-order valence-electron chi connectivity index (χ3n) is 5.34. The molecule has 3 heterocycles. The molecule has 1 aliphatic heterocycles. The molecule has 0 atom stereocenters. The second-order valence-corrected chi connectivity index (χ2v) is 8.67. The summed E-state index contributed by atoms with van der Waals surface area (Å²) in [5, 5.41) is 9.15. The maximum absolute atomic E-state index is 13.4. The Balaban J connectivity index is 1.70. The lowest BCUT2D eigenvalue weighted by molar-refractivity contribution is 0.0971. The fraction of sp³-hybridized carbons (Fsp3) is 0.500. The van der Waals surface area contributed by atoms with Gasteiger partial charge in [0.05, 0.1) is 10.2 Å². The van der Waals surface area contributed by atoms with E-state index in [0.717, 1.165) is 53.5 Å². The molecule has 0 saturated carbocycles. The number of rotatable bonds is 6. The Morgan fingerprint density at radius 3 is 2.82 bits per heavy atom. The summed E-state index contributed by atoms with van der Waals surface area (Å²) in [5.74, 6) is 1.24. The molecule has 0 fully saturated rings. The summed E-state index contributed by atoms with van der Waals surface area (Å²) in [6.45, 7) is 6.51. The van der Waals surface area contributed by atoms with Gasteiger partial charge in [-0.2, -0.15) is 0 Å². The van der Waals surface area contributed by atoms with Gasteiger partial charge in [0.25, 0.3) is 5.91 Å². The zero-order valence-corrected chi connectivity index (χ0v) is 17.7. The van der Waals surface area contributed by atoms with Gasteiger partial charge in [-0.15, -0.1) is 10.2 Å². The molecule has 0 radical (unpaired) electrons. The minimum absolute atomic E-state index is 0.104. The van der Waals surface area contributed by atoms with Crippen molar-refractivity contribution in [2.24, 2.45) is 0 Å². The molecule has 7 nitrogen and oxygen atoms in total. The van der Waals surface area contributed by atoms with Crippen LogP contribution in [0.1, 0.15) is 40.4 Å². The molecule has 0 aliphatic carbocycles. The van der Waals surface area contributed by atoms with Gasteiger partial charge in [0.15, 0.2) is 5.13 Å². The van der Waals surface area contributed by atoms with Gasteiger partial charge >= 0.3 is 0 Å². The first-order chi connectivity index (χ1) is 13.5. The zero-order valence-electron chi connectivity index (χ0n) is 16.9. The van der Waals surface area contributed by atoms with Crippen molar-refractivity contribution in [1.29, 1.82) is 0 Å². The number of carbonyl (C=O) groups excluding carboxylic acids is 1. The molecule has 0 spiro atoms. The van der Waals surface area contributed by atoms with Crippen molar-refractivity contribution in [3.63, 3.8) is 0 Å². The van der Waals surface area contributed by atoms with Crippen molar-refractivity contribution in [3.8, 4) is 0 Å². The van der Waals surface area contributed by atoms with Crippen LogP contribution in [0.4, 0.5) is 5.13 Å². The van der Waals surface area contributed by atoms with E-state index in [9.17, 15) is 4.79 Å². The number of aryl methyl sites for hydroxylation is 3. The number of amides is 1. The first-order valence-corrected chi connectivity index (χ1v) is 10.5. The Morgan fingerprint density at radius 2 is 2.04 bits per heavy atom. The normalized spacial score (nSPS) is 13.5. The third kappa shape index (κ3) is 3.42. The van der Waals surface area contributed by atoms with Crippen molar-refractivity contribution >= 4 is 32.6 Å². The number of thiazole rings is 1. The molecule has 2 aromatic heterocycles. The Bertz CT molecular complexity index is 1020. The molecule has 4 rings (SSSR count). The number of fused-ring (bicyclic) bond motifs is 2. The standard InChI is InChI=1S/C20H26N6OS/c1-13-8-9-15-17(14(13)2)21-20(28-15)26(12-6-10-24(3)4)19(27)18-23-22-16-7-5-11-25(16)18/h8-9H,5-7,10-12H2,1-4H3. The number of hydrogen-bond donors (Lipinski definition) is 0. The summed E-state index contributed by atoms with van der Waals surface area (Å²) < 4.78 is 3.07. The Morgan fingerprint density at radius 1 is 1.21 bits per heavy atom. The third-order valence-corrected chi connectivity index (χ3v) is 6.38. The monoisotopic (exact) mass is 398 g/mol. The van der Waals surface area contributed by atoms with Gasteiger partial charge in [0, 0.05) is 19.5 Å². The fourth-order valence-electron chi connectivity index (χ4n) is 3.59. The number of nitrogens with zero attached hydrogens (tertiary/aromatic N) is 6. The van der Waals surface area contributed by atoms with Crippen molar-refractivity contribution in [1.82, 2.24) is 24.6 Å². The highest BCUT2D eigenvalue weighted by Crippen LogP contribution is 2.33. The lowest BCUT2D eigenvalue weighted by Crippen LogP contribution is -2.35. The lowest BCUT2D eigenvalue weighted by atomic mass is 10.1. The van der Waals surface area contributed by atoms with E-state index >= 15 is 0 Å². The summed E-state index contributed by atoms with van der Waals surface area (Å²) in [4.78, 5) is 22.2. The summed E-state index contributed by atoms with van der Waals surface area (Å²) >= 11 is 1.57. The zero-order chi connectivity index (χ0) is 19.8. The molecule has 8 heteroatoms. The Kier molecular flexibility index (Phi) is 5.16. The molecule has 0 N–H and O–H groups in total. The SMILES string of the molecule is Cc1ccc2sc(N(CCCN(C)C)C(=O)c3nnc4n3CCC4)nc2c1C. The average molecular weight is 399 g/mol. The summed E-state index contributed by atoms with van der Waals surface area (Å²) in [7, 11) is 4.09. The smallest absolute Gasteiger partial charge is 0.298 e. The second kappa shape index (κ2) is 7.60. The van der Waals surface area contributed by atoms with Crippen LogP contribution in [-0.4, -0.2) is 57.7 Å². The first kappa shape index (κ1) is 19.0. The number of anilines is 1. The van der Waals surface area contributed by atoms with Crippen LogP contribution in [0.2, 0.25) is 0 Å². The maximum Gasteiger partial charge on any atom is 0.298 e. The predicted octanol–water partition coefficient (Wildman–Crippen LogP) is 3.05. The summed E-state index contributed by atoms with van der Waals surface area (Å²) in [6.07, 6.45) is 2.78. The molecule has 28 heavy (non-hydrogen) atoms. The molecular formula is C20H26N6OS. The molecule has 0 saturated heterocycles. The van der Waals surface area contributed by atoms with E-state index in [1.54, 1.807) is 16.2 Å². The summed E-state index contributed by atoms with van der Waals surface area (Å²) in [6, 6.07) is 4.21. The molecule has 0 unspecified atom stereocenters. The highest BCUT2D eigenvalue weighted by atomic mass is 32.1. The number of aromatic nitrogens is 4. The quantitative estimate of drug-likeness (QED) is 0.638. The fourth-order valence-corrected chi connectivity index (χ4v) is 4.64. The maximum atomic E-state index is 13.4. The first-order valence-electron chi connectivity index (χ1n) is 9.71. The number of hydrogen-bond acceptors (Lipinski definition) is 6. The van der Waals surface area contributed by atoms with Gasteiger partial charge < -0.3 is 9.47 Å². The Labute approximate surface area is 169 Å². The van der Waals surface area contributed by atoms with E-state index in [1.165, 1.54) is 11.1 Å². The van der Waals surface area contributed by atoms with Crippen molar-refractivity contribution in [3.05, 3.63) is 34.9 Å². The van der Waals surface area contributed by atoms with E-state index in [1.807, 2.05) is 18.7 Å². The van der Waals surface area contributed by atoms with Gasteiger partial charge in [0.2, 0.25) is 5.82 Å². The van der Waals surface area contributed by atoms with Crippen molar-refractivity contribution < 1.29 is 4.79 Å². The van der Waals surface area contributed by atoms with E-state index in [-0.39, 0.29) is 5.91 Å². The summed E-state index contributed by atoms with van der Waals surface area (Å²) in [5.41, 5.74) is 3.37.